The molecule has 0 radical (unpaired) electrons. The summed E-state index contributed by atoms with van der Waals surface area (Å²) >= 11 is 6.15. The predicted molar refractivity (Wildman–Crippen MR) is 138 cm³/mol. The molecule has 6 nitrogen and oxygen atoms in total. The molecule has 4 rings (SSSR count). The van der Waals surface area contributed by atoms with Crippen molar-refractivity contribution >= 4 is 46.1 Å². The highest BCUT2D eigenvalue weighted by Gasteiger charge is 2.28. The molecule has 0 fully saturated rings. The largest absolute Gasteiger partial charge is 0.354 e. The average Bonchev–Trinajstić information content (AvgIpc) is 3.11. The van der Waals surface area contributed by atoms with E-state index in [2.05, 4.69) is 33.0 Å². The molecule has 1 aliphatic heterocycles. The van der Waals surface area contributed by atoms with Gasteiger partial charge in [0.15, 0.2) is 0 Å². The molecule has 34 heavy (non-hydrogen) atoms. The highest BCUT2D eigenvalue weighted by molar-refractivity contribution is 6.38. The Balaban J connectivity index is 1.74. The number of rotatable bonds is 7. The third kappa shape index (κ3) is 5.47. The SMILES string of the molecule is CC(=O)NCc1ccc(/C(Nc2ccc(CN(C)C)cc2)=C2/C(=O)Nc3cc(Cl)ccc32)cc1. The second-order valence-electron chi connectivity index (χ2n) is 8.56. The third-order valence-electron chi connectivity index (χ3n) is 5.48. The molecule has 0 aliphatic carbocycles. The van der Waals surface area contributed by atoms with Gasteiger partial charge in [0, 0.05) is 36.3 Å². The standard InChI is InChI=1S/C27H27ClN4O2/c1-17(33)29-15-18-4-8-20(9-5-18)26(30-22-11-6-19(7-12-22)16-32(2)3)25-23-13-10-21(28)14-24(23)31-27(25)34/h4-14,30H,15-16H2,1-3H3,(H,29,33)(H,31,34)/b26-25-. The van der Waals surface area contributed by atoms with Crippen molar-refractivity contribution < 1.29 is 9.59 Å². The van der Waals surface area contributed by atoms with Gasteiger partial charge in [-0.3, -0.25) is 9.59 Å². The zero-order chi connectivity index (χ0) is 24.2. The summed E-state index contributed by atoms with van der Waals surface area (Å²) in [6.07, 6.45) is 0. The molecule has 174 valence electrons. The number of carbonyl (C=O) groups excluding carboxylic acids is 2. The van der Waals surface area contributed by atoms with Crippen LogP contribution in [0.15, 0.2) is 66.7 Å². The van der Waals surface area contributed by atoms with Gasteiger partial charge in [-0.05, 0) is 55.1 Å². The second kappa shape index (κ2) is 10.1. The van der Waals surface area contributed by atoms with Gasteiger partial charge in [0.2, 0.25) is 5.91 Å². The fourth-order valence-corrected chi connectivity index (χ4v) is 4.06. The topological polar surface area (TPSA) is 73.5 Å². The lowest BCUT2D eigenvalue weighted by Gasteiger charge is -2.16. The number of hydrogen-bond donors (Lipinski definition) is 3. The summed E-state index contributed by atoms with van der Waals surface area (Å²) in [6.45, 7) is 2.79. The van der Waals surface area contributed by atoms with Crippen LogP contribution in [0.25, 0.3) is 11.3 Å². The molecule has 0 unspecified atom stereocenters. The molecule has 3 aromatic carbocycles. The molecule has 0 bridgehead atoms. The van der Waals surface area contributed by atoms with Crippen LogP contribution in [0.2, 0.25) is 5.02 Å². The average molecular weight is 475 g/mol. The number of benzene rings is 3. The van der Waals surface area contributed by atoms with Crippen molar-refractivity contribution in [1.29, 1.82) is 0 Å². The number of nitrogens with zero attached hydrogens (tertiary/aromatic N) is 1. The first-order valence-electron chi connectivity index (χ1n) is 11.0. The molecule has 0 aromatic heterocycles. The predicted octanol–water partition coefficient (Wildman–Crippen LogP) is 4.97. The number of fused-ring (bicyclic) bond motifs is 1. The molecule has 0 saturated carbocycles. The molecule has 1 heterocycles. The van der Waals surface area contributed by atoms with Crippen LogP contribution in [0.5, 0.6) is 0 Å². The minimum atomic E-state index is -0.189. The van der Waals surface area contributed by atoms with Gasteiger partial charge in [0.05, 0.1) is 17.0 Å². The Morgan fingerprint density at radius 1 is 0.971 bits per heavy atom. The molecule has 0 atom stereocenters. The molecular weight excluding hydrogens is 448 g/mol. The molecule has 0 saturated heterocycles. The van der Waals surface area contributed by atoms with Gasteiger partial charge in [-0.25, -0.2) is 0 Å². The van der Waals surface area contributed by atoms with Crippen LogP contribution in [0.3, 0.4) is 0 Å². The van der Waals surface area contributed by atoms with E-state index in [-0.39, 0.29) is 11.8 Å². The van der Waals surface area contributed by atoms with E-state index in [4.69, 9.17) is 11.6 Å². The quantitative estimate of drug-likeness (QED) is 0.423. The molecule has 3 aromatic rings. The Hall–Kier alpha value is -3.61. The lowest BCUT2D eigenvalue weighted by Crippen LogP contribution is -2.18. The number of nitrogens with one attached hydrogen (secondary N) is 3. The van der Waals surface area contributed by atoms with Crippen molar-refractivity contribution in [2.75, 3.05) is 24.7 Å². The maximum Gasteiger partial charge on any atom is 0.258 e. The van der Waals surface area contributed by atoms with Gasteiger partial charge < -0.3 is 20.9 Å². The van der Waals surface area contributed by atoms with Crippen molar-refractivity contribution in [1.82, 2.24) is 10.2 Å². The molecule has 1 aliphatic rings. The first-order chi connectivity index (χ1) is 16.3. The van der Waals surface area contributed by atoms with E-state index in [0.717, 1.165) is 28.9 Å². The lowest BCUT2D eigenvalue weighted by atomic mass is 9.99. The second-order valence-corrected chi connectivity index (χ2v) is 9.00. The van der Waals surface area contributed by atoms with Crippen LogP contribution in [0, 0.1) is 0 Å². The van der Waals surface area contributed by atoms with Crippen LogP contribution in [-0.2, 0) is 22.7 Å². The van der Waals surface area contributed by atoms with E-state index in [1.54, 1.807) is 12.1 Å². The van der Waals surface area contributed by atoms with Crippen LogP contribution in [0.1, 0.15) is 29.2 Å². The maximum absolute atomic E-state index is 13.1. The first kappa shape index (κ1) is 23.5. The van der Waals surface area contributed by atoms with E-state index in [1.165, 1.54) is 12.5 Å². The monoisotopic (exact) mass is 474 g/mol. The zero-order valence-corrected chi connectivity index (χ0v) is 20.2. The molecule has 3 N–H and O–H groups in total. The van der Waals surface area contributed by atoms with Crippen LogP contribution in [0.4, 0.5) is 11.4 Å². The number of amides is 2. The van der Waals surface area contributed by atoms with Crippen LogP contribution >= 0.6 is 11.6 Å². The maximum atomic E-state index is 13.1. The number of carbonyl (C=O) groups is 2. The highest BCUT2D eigenvalue weighted by atomic mass is 35.5. The molecular formula is C27H27ClN4O2. The van der Waals surface area contributed by atoms with Gasteiger partial charge in [-0.1, -0.05) is 54.1 Å². The number of halogens is 1. The summed E-state index contributed by atoms with van der Waals surface area (Å²) in [7, 11) is 4.07. The molecule has 0 spiro atoms. The van der Waals surface area contributed by atoms with Gasteiger partial charge >= 0.3 is 0 Å². The van der Waals surface area contributed by atoms with E-state index in [0.29, 0.717) is 28.5 Å². The Bertz CT molecular complexity index is 1250. The summed E-state index contributed by atoms with van der Waals surface area (Å²) in [5.74, 6) is -0.268. The normalized spacial score (nSPS) is 14.0. The summed E-state index contributed by atoms with van der Waals surface area (Å²) in [5.41, 5.74) is 6.65. The van der Waals surface area contributed by atoms with Crippen LogP contribution in [-0.4, -0.2) is 30.8 Å². The van der Waals surface area contributed by atoms with Gasteiger partial charge in [-0.15, -0.1) is 0 Å². The summed E-state index contributed by atoms with van der Waals surface area (Å²) in [5, 5.41) is 9.77. The third-order valence-corrected chi connectivity index (χ3v) is 5.72. The van der Waals surface area contributed by atoms with Gasteiger partial charge in [0.1, 0.15) is 0 Å². The summed E-state index contributed by atoms with van der Waals surface area (Å²) in [4.78, 5) is 26.4. The fourth-order valence-electron chi connectivity index (χ4n) is 3.89. The van der Waals surface area contributed by atoms with E-state index in [1.807, 2.05) is 56.6 Å². The lowest BCUT2D eigenvalue weighted by molar-refractivity contribution is -0.119. The minimum absolute atomic E-state index is 0.0795. The van der Waals surface area contributed by atoms with Gasteiger partial charge in [0.25, 0.3) is 5.91 Å². The Morgan fingerprint density at radius 3 is 2.29 bits per heavy atom. The number of anilines is 2. The fraction of sp³-hybridized carbons (Fsp3) is 0.185. The van der Waals surface area contributed by atoms with Crippen molar-refractivity contribution in [2.24, 2.45) is 0 Å². The number of hydrogen-bond acceptors (Lipinski definition) is 4. The van der Waals surface area contributed by atoms with E-state index in [9.17, 15) is 9.59 Å². The van der Waals surface area contributed by atoms with Crippen molar-refractivity contribution in [3.05, 3.63) is 94.0 Å². The minimum Gasteiger partial charge on any atom is -0.354 e. The first-order valence-corrected chi connectivity index (χ1v) is 11.4. The molecule has 2 amide bonds. The van der Waals surface area contributed by atoms with Gasteiger partial charge in [-0.2, -0.15) is 0 Å². The van der Waals surface area contributed by atoms with Crippen molar-refractivity contribution in [2.45, 2.75) is 20.0 Å². The Morgan fingerprint density at radius 2 is 1.65 bits per heavy atom. The van der Waals surface area contributed by atoms with Crippen molar-refractivity contribution in [3.8, 4) is 0 Å². The van der Waals surface area contributed by atoms with Crippen LogP contribution < -0.4 is 16.0 Å². The highest BCUT2D eigenvalue weighted by Crippen LogP contribution is 2.38. The van der Waals surface area contributed by atoms with E-state index < -0.39 is 0 Å². The molecule has 7 heteroatoms. The summed E-state index contributed by atoms with van der Waals surface area (Å²) in [6, 6.07) is 21.4. The van der Waals surface area contributed by atoms with Crippen molar-refractivity contribution in [3.63, 3.8) is 0 Å². The Labute approximate surface area is 204 Å². The zero-order valence-electron chi connectivity index (χ0n) is 19.4. The van der Waals surface area contributed by atoms with E-state index >= 15 is 0 Å². The smallest absolute Gasteiger partial charge is 0.258 e. The Kier molecular flexibility index (Phi) is 7.01. The summed E-state index contributed by atoms with van der Waals surface area (Å²) < 4.78 is 0.